The number of rotatable bonds is 5. The Morgan fingerprint density at radius 3 is 2.47 bits per heavy atom. The molecular formula is C13H8Br2O3S. The number of halogens is 2. The van der Waals surface area contributed by atoms with Gasteiger partial charge in [-0.05, 0) is 62.2 Å². The second-order valence-electron chi connectivity index (χ2n) is 3.64. The molecule has 0 saturated carbocycles. The molecule has 0 aliphatic carbocycles. The van der Waals surface area contributed by atoms with E-state index in [0.29, 0.717) is 16.9 Å². The molecule has 0 unspecified atom stereocenters. The lowest BCUT2D eigenvalue weighted by Gasteiger charge is -2.05. The largest absolute Gasteiger partial charge is 0.485 e. The normalized spacial score (nSPS) is 10.2. The van der Waals surface area contributed by atoms with Crippen LogP contribution in [0, 0.1) is 0 Å². The van der Waals surface area contributed by atoms with Crippen molar-refractivity contribution in [2.45, 2.75) is 0 Å². The van der Waals surface area contributed by atoms with Crippen molar-refractivity contribution in [2.24, 2.45) is 0 Å². The van der Waals surface area contributed by atoms with Crippen LogP contribution in [0.3, 0.4) is 0 Å². The summed E-state index contributed by atoms with van der Waals surface area (Å²) in [7, 11) is 0. The summed E-state index contributed by atoms with van der Waals surface area (Å²) in [6, 6.07) is 8.37. The molecule has 19 heavy (non-hydrogen) atoms. The van der Waals surface area contributed by atoms with Crippen LogP contribution in [0.4, 0.5) is 0 Å². The summed E-state index contributed by atoms with van der Waals surface area (Å²) in [4.78, 5) is 22.5. The van der Waals surface area contributed by atoms with Crippen LogP contribution in [0.25, 0.3) is 0 Å². The smallest absolute Gasteiger partial charge is 0.202 e. The average Bonchev–Trinajstić information content (AvgIpc) is 2.75. The van der Waals surface area contributed by atoms with E-state index >= 15 is 0 Å². The number of benzene rings is 1. The van der Waals surface area contributed by atoms with Crippen molar-refractivity contribution < 1.29 is 14.3 Å². The van der Waals surface area contributed by atoms with E-state index in [1.54, 1.807) is 30.3 Å². The fourth-order valence-electron chi connectivity index (χ4n) is 1.40. The van der Waals surface area contributed by atoms with Gasteiger partial charge in [-0.1, -0.05) is 0 Å². The van der Waals surface area contributed by atoms with Crippen molar-refractivity contribution in [1.82, 2.24) is 0 Å². The molecule has 0 N–H and O–H groups in total. The van der Waals surface area contributed by atoms with Crippen LogP contribution < -0.4 is 4.74 Å². The molecule has 0 aliphatic rings. The number of ketones is 1. The van der Waals surface area contributed by atoms with E-state index in [1.165, 1.54) is 11.3 Å². The summed E-state index contributed by atoms with van der Waals surface area (Å²) in [6.07, 6.45) is 0.759. The number of Topliss-reactive ketones (excluding diaryl/α,β-unsaturated/α-hetero) is 1. The molecule has 98 valence electrons. The molecule has 0 atom stereocenters. The maximum atomic E-state index is 11.9. The molecule has 0 aliphatic heterocycles. The first-order chi connectivity index (χ1) is 9.10. The summed E-state index contributed by atoms with van der Waals surface area (Å²) >= 11 is 8.10. The molecular weight excluding hydrogens is 396 g/mol. The van der Waals surface area contributed by atoms with Crippen LogP contribution in [0.1, 0.15) is 20.7 Å². The van der Waals surface area contributed by atoms with Crippen molar-refractivity contribution >= 4 is 55.3 Å². The van der Waals surface area contributed by atoms with Gasteiger partial charge in [0.05, 0.1) is 7.57 Å². The first-order valence-electron chi connectivity index (χ1n) is 5.26. The van der Waals surface area contributed by atoms with E-state index in [0.717, 1.165) is 13.9 Å². The molecule has 1 heterocycles. The fourth-order valence-corrected chi connectivity index (χ4v) is 4.26. The molecule has 6 heteroatoms. The van der Waals surface area contributed by atoms with Gasteiger partial charge in [0, 0.05) is 11.1 Å². The molecule has 0 saturated heterocycles. The SMILES string of the molecule is O=Cc1ccc(OCC(=O)c2cc(Br)sc2Br)cc1. The minimum Gasteiger partial charge on any atom is -0.485 e. The first-order valence-corrected chi connectivity index (χ1v) is 7.66. The highest BCUT2D eigenvalue weighted by Gasteiger charge is 2.14. The van der Waals surface area contributed by atoms with Crippen molar-refractivity contribution in [3.8, 4) is 5.75 Å². The van der Waals surface area contributed by atoms with Crippen molar-refractivity contribution in [3.05, 3.63) is 49.0 Å². The Kier molecular flexibility index (Phi) is 4.90. The lowest BCUT2D eigenvalue weighted by Crippen LogP contribution is -2.11. The highest BCUT2D eigenvalue weighted by molar-refractivity contribution is 9.12. The van der Waals surface area contributed by atoms with E-state index in [9.17, 15) is 9.59 Å². The van der Waals surface area contributed by atoms with Crippen LogP contribution in [0.5, 0.6) is 5.75 Å². The van der Waals surface area contributed by atoms with Crippen LogP contribution in [0.15, 0.2) is 37.9 Å². The van der Waals surface area contributed by atoms with E-state index < -0.39 is 0 Å². The number of hydrogen-bond donors (Lipinski definition) is 0. The monoisotopic (exact) mass is 402 g/mol. The second kappa shape index (κ2) is 6.45. The highest BCUT2D eigenvalue weighted by atomic mass is 79.9. The van der Waals surface area contributed by atoms with Gasteiger partial charge < -0.3 is 4.74 Å². The van der Waals surface area contributed by atoms with Gasteiger partial charge in [0.1, 0.15) is 12.0 Å². The molecule has 0 spiro atoms. The van der Waals surface area contributed by atoms with Gasteiger partial charge in [0.15, 0.2) is 6.61 Å². The van der Waals surface area contributed by atoms with Crippen LogP contribution in [-0.4, -0.2) is 18.7 Å². The van der Waals surface area contributed by atoms with E-state index in [-0.39, 0.29) is 12.4 Å². The zero-order valence-corrected chi connectivity index (χ0v) is 13.5. The Morgan fingerprint density at radius 2 is 1.95 bits per heavy atom. The molecule has 3 nitrogen and oxygen atoms in total. The number of aldehydes is 1. The summed E-state index contributed by atoms with van der Waals surface area (Å²) in [5.41, 5.74) is 1.17. The van der Waals surface area contributed by atoms with Crippen LogP contribution in [-0.2, 0) is 0 Å². The number of carbonyl (C=O) groups is 2. The Balaban J connectivity index is 2.00. The molecule has 1 aromatic heterocycles. The van der Waals surface area contributed by atoms with Gasteiger partial charge in [-0.15, -0.1) is 11.3 Å². The van der Waals surface area contributed by atoms with Crippen LogP contribution >= 0.6 is 43.2 Å². The topological polar surface area (TPSA) is 43.4 Å². The molecule has 0 amide bonds. The Bertz CT molecular complexity index is 605. The van der Waals surface area contributed by atoms with Gasteiger partial charge in [-0.3, -0.25) is 9.59 Å². The Labute approximate surface area is 130 Å². The minimum atomic E-state index is -0.103. The highest BCUT2D eigenvalue weighted by Crippen LogP contribution is 2.32. The lowest BCUT2D eigenvalue weighted by atomic mass is 10.2. The standard InChI is InChI=1S/C13H8Br2O3S/c14-12-5-10(13(15)19-12)11(17)7-18-9-3-1-8(6-16)2-4-9/h1-6H,7H2. The molecule has 2 rings (SSSR count). The predicted octanol–water partition coefficient (Wildman–Crippen LogP) is 4.35. The van der Waals surface area contributed by atoms with Gasteiger partial charge in [-0.2, -0.15) is 0 Å². The molecule has 0 fully saturated rings. The first kappa shape index (κ1) is 14.4. The molecule has 0 radical (unpaired) electrons. The Hall–Kier alpha value is -0.980. The quantitative estimate of drug-likeness (QED) is 0.550. The van der Waals surface area contributed by atoms with Gasteiger partial charge >= 0.3 is 0 Å². The number of carbonyl (C=O) groups excluding carboxylic acids is 2. The van der Waals surface area contributed by atoms with Gasteiger partial charge in [0.2, 0.25) is 5.78 Å². The third-order valence-corrected chi connectivity index (χ3v) is 4.68. The molecule has 0 bridgehead atoms. The minimum absolute atomic E-state index is 0.0395. The summed E-state index contributed by atoms with van der Waals surface area (Å²) < 4.78 is 7.06. The lowest BCUT2D eigenvalue weighted by molar-refractivity contribution is 0.0921. The fraction of sp³-hybridized carbons (Fsp3) is 0.0769. The second-order valence-corrected chi connectivity index (χ2v) is 7.39. The van der Waals surface area contributed by atoms with E-state index in [2.05, 4.69) is 31.9 Å². The van der Waals surface area contributed by atoms with Crippen LogP contribution in [0.2, 0.25) is 0 Å². The Morgan fingerprint density at radius 1 is 1.26 bits per heavy atom. The zero-order valence-electron chi connectivity index (χ0n) is 9.56. The summed E-state index contributed by atoms with van der Waals surface area (Å²) in [5.74, 6) is 0.456. The van der Waals surface area contributed by atoms with Gasteiger partial charge in [-0.25, -0.2) is 0 Å². The third-order valence-electron chi connectivity index (χ3n) is 2.34. The zero-order chi connectivity index (χ0) is 13.8. The number of ether oxygens (including phenoxy) is 1. The number of thiophene rings is 1. The van der Waals surface area contributed by atoms with E-state index in [4.69, 9.17) is 4.74 Å². The van der Waals surface area contributed by atoms with Gasteiger partial charge in [0.25, 0.3) is 0 Å². The summed E-state index contributed by atoms with van der Waals surface area (Å²) in [5, 5.41) is 0. The number of hydrogen-bond acceptors (Lipinski definition) is 4. The predicted molar refractivity (Wildman–Crippen MR) is 81.4 cm³/mol. The van der Waals surface area contributed by atoms with Crippen molar-refractivity contribution in [3.63, 3.8) is 0 Å². The molecule has 1 aromatic carbocycles. The van der Waals surface area contributed by atoms with E-state index in [1.807, 2.05) is 0 Å². The third kappa shape index (κ3) is 3.75. The van der Waals surface area contributed by atoms with Crippen molar-refractivity contribution in [2.75, 3.05) is 6.61 Å². The average molecular weight is 404 g/mol. The maximum absolute atomic E-state index is 11.9. The maximum Gasteiger partial charge on any atom is 0.202 e. The van der Waals surface area contributed by atoms with Crippen molar-refractivity contribution in [1.29, 1.82) is 0 Å². The summed E-state index contributed by atoms with van der Waals surface area (Å²) in [6.45, 7) is -0.0395. The molecule has 2 aromatic rings.